The van der Waals surface area contributed by atoms with Gasteiger partial charge in [-0.2, -0.15) is 0 Å². The quantitative estimate of drug-likeness (QED) is 0.619. The number of hydrogen-bond acceptors (Lipinski definition) is 5. The first-order chi connectivity index (χ1) is 12.4. The Labute approximate surface area is 154 Å². The molecule has 0 saturated carbocycles. The van der Waals surface area contributed by atoms with Crippen LogP contribution in [-0.4, -0.2) is 28.4 Å². The molecule has 0 bridgehead atoms. The summed E-state index contributed by atoms with van der Waals surface area (Å²) in [6.07, 6.45) is 1.64. The lowest BCUT2D eigenvalue weighted by Crippen LogP contribution is -2.20. The van der Waals surface area contributed by atoms with Gasteiger partial charge in [-0.1, -0.05) is 12.1 Å². The fraction of sp³-hybridized carbons (Fsp3) is 0.167. The van der Waals surface area contributed by atoms with Gasteiger partial charge >= 0.3 is 0 Å². The normalized spacial score (nSPS) is 10.5. The van der Waals surface area contributed by atoms with Gasteiger partial charge in [0.25, 0.3) is 11.8 Å². The van der Waals surface area contributed by atoms with Gasteiger partial charge in [-0.15, -0.1) is 11.3 Å². The molecule has 8 heteroatoms. The van der Waals surface area contributed by atoms with E-state index in [1.165, 1.54) is 11.3 Å². The third kappa shape index (κ3) is 4.09. The van der Waals surface area contributed by atoms with E-state index in [-0.39, 0.29) is 12.5 Å². The van der Waals surface area contributed by atoms with Crippen molar-refractivity contribution in [2.45, 2.75) is 13.8 Å². The molecule has 1 aromatic carbocycles. The molecule has 134 valence electrons. The number of aryl methyl sites for hydroxylation is 2. The molecule has 0 aliphatic rings. The Bertz CT molecular complexity index is 961. The van der Waals surface area contributed by atoms with Crippen LogP contribution in [0.15, 0.2) is 35.8 Å². The summed E-state index contributed by atoms with van der Waals surface area (Å²) in [7, 11) is 0. The molecule has 26 heavy (non-hydrogen) atoms. The van der Waals surface area contributed by atoms with E-state index in [9.17, 15) is 9.59 Å². The molecule has 0 aliphatic carbocycles. The number of aromatic amines is 1. The van der Waals surface area contributed by atoms with Gasteiger partial charge < -0.3 is 15.5 Å². The second-order valence-electron chi connectivity index (χ2n) is 5.81. The van der Waals surface area contributed by atoms with Crippen LogP contribution >= 0.6 is 11.3 Å². The highest BCUT2D eigenvalue weighted by molar-refractivity contribution is 7.14. The summed E-state index contributed by atoms with van der Waals surface area (Å²) in [5.74, 6) is -0.145. The lowest BCUT2D eigenvalue weighted by atomic mass is 10.1. The number of nitrogens with two attached hydrogens (primary N) is 1. The zero-order valence-corrected chi connectivity index (χ0v) is 15.1. The fourth-order valence-corrected chi connectivity index (χ4v) is 3.05. The fourth-order valence-electron chi connectivity index (χ4n) is 2.31. The zero-order chi connectivity index (χ0) is 18.7. The molecule has 0 fully saturated rings. The van der Waals surface area contributed by atoms with Crippen molar-refractivity contribution in [2.75, 3.05) is 11.9 Å². The number of ether oxygens (including phenoxy) is 1. The molecule has 2 amide bonds. The van der Waals surface area contributed by atoms with Crippen LogP contribution in [0.3, 0.4) is 0 Å². The molecular weight excluding hydrogens is 352 g/mol. The predicted octanol–water partition coefficient (Wildman–Crippen LogP) is 2.87. The number of carbonyl (C=O) groups excluding carboxylic acids is 2. The second kappa shape index (κ2) is 7.40. The molecule has 0 atom stereocenters. The standard InChI is InChI=1S/C18H18N4O3S/c1-10-3-4-11(2)15(5-10)25-8-16(23)22-18-21-14(9-26-18)12-6-13(17(19)24)20-7-12/h3-7,9,20H,8H2,1-2H3,(H2,19,24)(H,21,22,23). The van der Waals surface area contributed by atoms with Crippen molar-refractivity contribution in [3.05, 3.63) is 52.7 Å². The maximum absolute atomic E-state index is 12.1. The van der Waals surface area contributed by atoms with Crippen molar-refractivity contribution in [1.29, 1.82) is 0 Å². The van der Waals surface area contributed by atoms with E-state index in [1.807, 2.05) is 32.0 Å². The number of primary amides is 1. The van der Waals surface area contributed by atoms with E-state index >= 15 is 0 Å². The summed E-state index contributed by atoms with van der Waals surface area (Å²) in [6, 6.07) is 7.45. The molecule has 7 nitrogen and oxygen atoms in total. The topological polar surface area (TPSA) is 110 Å². The summed E-state index contributed by atoms with van der Waals surface area (Å²) < 4.78 is 5.58. The van der Waals surface area contributed by atoms with Crippen LogP contribution in [0.1, 0.15) is 21.6 Å². The molecule has 0 aliphatic heterocycles. The molecule has 4 N–H and O–H groups in total. The molecule has 0 saturated heterocycles. The number of rotatable bonds is 6. The molecule has 2 heterocycles. The molecule has 3 aromatic rings. The minimum atomic E-state index is -0.538. The van der Waals surface area contributed by atoms with Gasteiger partial charge in [-0.25, -0.2) is 4.98 Å². The summed E-state index contributed by atoms with van der Waals surface area (Å²) >= 11 is 1.29. The first-order valence-electron chi connectivity index (χ1n) is 7.86. The SMILES string of the molecule is Cc1ccc(C)c(OCC(=O)Nc2nc(-c3c[nH]c(C(N)=O)c3)cs2)c1. The van der Waals surface area contributed by atoms with Crippen LogP contribution in [0, 0.1) is 13.8 Å². The minimum Gasteiger partial charge on any atom is -0.483 e. The summed E-state index contributed by atoms with van der Waals surface area (Å²) in [4.78, 5) is 30.3. The molecule has 0 spiro atoms. The van der Waals surface area contributed by atoms with Gasteiger partial charge in [0.15, 0.2) is 11.7 Å². The lowest BCUT2D eigenvalue weighted by molar-refractivity contribution is -0.118. The number of nitrogens with zero attached hydrogens (tertiary/aromatic N) is 1. The Balaban J connectivity index is 1.60. The number of aromatic nitrogens is 2. The largest absolute Gasteiger partial charge is 0.483 e. The van der Waals surface area contributed by atoms with Crippen molar-refractivity contribution in [3.8, 4) is 17.0 Å². The Morgan fingerprint density at radius 2 is 2.12 bits per heavy atom. The third-order valence-electron chi connectivity index (χ3n) is 3.70. The van der Waals surface area contributed by atoms with Crippen molar-refractivity contribution in [1.82, 2.24) is 9.97 Å². The van der Waals surface area contributed by atoms with Crippen LogP contribution in [0.4, 0.5) is 5.13 Å². The first-order valence-corrected chi connectivity index (χ1v) is 8.74. The van der Waals surface area contributed by atoms with Gasteiger partial charge in [0.1, 0.15) is 11.4 Å². The zero-order valence-electron chi connectivity index (χ0n) is 14.3. The monoisotopic (exact) mass is 370 g/mol. The maximum Gasteiger partial charge on any atom is 0.265 e. The number of nitrogens with one attached hydrogen (secondary N) is 2. The molecule has 0 radical (unpaired) electrons. The van der Waals surface area contributed by atoms with Crippen LogP contribution < -0.4 is 15.8 Å². The average Bonchev–Trinajstić information content (AvgIpc) is 3.24. The average molecular weight is 370 g/mol. The second-order valence-corrected chi connectivity index (χ2v) is 6.67. The number of H-pyrrole nitrogens is 1. The molecule has 3 rings (SSSR count). The van der Waals surface area contributed by atoms with E-state index in [0.717, 1.165) is 16.7 Å². The lowest BCUT2D eigenvalue weighted by Gasteiger charge is -2.09. The Morgan fingerprint density at radius 1 is 1.31 bits per heavy atom. The number of amides is 2. The van der Waals surface area contributed by atoms with Crippen LogP contribution in [0.25, 0.3) is 11.3 Å². The number of carbonyl (C=O) groups is 2. The van der Waals surface area contributed by atoms with Crippen molar-refractivity contribution in [3.63, 3.8) is 0 Å². The Morgan fingerprint density at radius 3 is 2.85 bits per heavy atom. The first kappa shape index (κ1) is 17.7. The summed E-state index contributed by atoms with van der Waals surface area (Å²) in [6.45, 7) is 3.79. The summed E-state index contributed by atoms with van der Waals surface area (Å²) in [5.41, 5.74) is 8.93. The highest BCUT2D eigenvalue weighted by Gasteiger charge is 2.12. The van der Waals surface area contributed by atoms with Gasteiger partial charge in [0, 0.05) is 17.1 Å². The van der Waals surface area contributed by atoms with E-state index in [0.29, 0.717) is 22.3 Å². The molecular formula is C18H18N4O3S. The van der Waals surface area contributed by atoms with E-state index in [2.05, 4.69) is 15.3 Å². The van der Waals surface area contributed by atoms with Crippen LogP contribution in [-0.2, 0) is 4.79 Å². The van der Waals surface area contributed by atoms with Gasteiger partial charge in [-0.3, -0.25) is 14.9 Å². The predicted molar refractivity (Wildman–Crippen MR) is 100 cm³/mol. The smallest absolute Gasteiger partial charge is 0.265 e. The van der Waals surface area contributed by atoms with Crippen LogP contribution in [0.2, 0.25) is 0 Å². The number of anilines is 1. The Kier molecular flexibility index (Phi) is 5.04. The minimum absolute atomic E-state index is 0.102. The third-order valence-corrected chi connectivity index (χ3v) is 4.45. The molecule has 0 unspecified atom stereocenters. The Hall–Kier alpha value is -3.13. The highest BCUT2D eigenvalue weighted by Crippen LogP contribution is 2.25. The highest BCUT2D eigenvalue weighted by atomic mass is 32.1. The van der Waals surface area contributed by atoms with Gasteiger partial charge in [0.2, 0.25) is 0 Å². The van der Waals surface area contributed by atoms with Gasteiger partial charge in [0.05, 0.1) is 5.69 Å². The van der Waals surface area contributed by atoms with Crippen molar-refractivity contribution in [2.24, 2.45) is 5.73 Å². The number of benzene rings is 1. The van der Waals surface area contributed by atoms with E-state index in [4.69, 9.17) is 10.5 Å². The number of hydrogen-bond donors (Lipinski definition) is 3. The summed E-state index contributed by atoms with van der Waals surface area (Å²) in [5, 5.41) is 4.95. The van der Waals surface area contributed by atoms with Crippen molar-refractivity contribution >= 4 is 28.3 Å². The van der Waals surface area contributed by atoms with Gasteiger partial charge in [-0.05, 0) is 37.1 Å². The van der Waals surface area contributed by atoms with Crippen LogP contribution in [0.5, 0.6) is 5.75 Å². The number of thiazole rings is 1. The van der Waals surface area contributed by atoms with E-state index in [1.54, 1.807) is 17.6 Å². The maximum atomic E-state index is 12.1. The molecule has 2 aromatic heterocycles. The van der Waals surface area contributed by atoms with E-state index < -0.39 is 5.91 Å². The van der Waals surface area contributed by atoms with Crippen molar-refractivity contribution < 1.29 is 14.3 Å².